The second-order valence-corrected chi connectivity index (χ2v) is 4.16. The Balaban J connectivity index is 1.81. The summed E-state index contributed by atoms with van der Waals surface area (Å²) in [4.78, 5) is 11.8. The minimum Gasteiger partial charge on any atom is -0.461 e. The first kappa shape index (κ1) is 12.3. The third-order valence-corrected chi connectivity index (χ3v) is 2.61. The first-order valence-corrected chi connectivity index (χ1v) is 5.81. The van der Waals surface area contributed by atoms with Gasteiger partial charge >= 0.3 is 5.97 Å². The van der Waals surface area contributed by atoms with Crippen molar-refractivity contribution >= 4 is 5.97 Å². The molecule has 5 heteroatoms. The van der Waals surface area contributed by atoms with Crippen molar-refractivity contribution in [1.82, 2.24) is 15.4 Å². The highest BCUT2D eigenvalue weighted by Gasteiger charge is 2.16. The van der Waals surface area contributed by atoms with Crippen LogP contribution in [0.2, 0.25) is 0 Å². The van der Waals surface area contributed by atoms with Crippen LogP contribution in [-0.2, 0) is 22.6 Å². The largest absolute Gasteiger partial charge is 0.461 e. The summed E-state index contributed by atoms with van der Waals surface area (Å²) in [7, 11) is 0. The molecule has 0 saturated carbocycles. The van der Waals surface area contributed by atoms with Crippen LogP contribution in [0.25, 0.3) is 0 Å². The predicted octanol–water partition coefficient (Wildman–Crippen LogP) is 1.73. The minimum absolute atomic E-state index is 0.221. The molecule has 1 atom stereocenters. The molecule has 2 rings (SSSR count). The number of aromatic amines is 1. The standard InChI is InChI=1S/C13H15N3O2/c1-10(7-12-8-14-16-15-12)13(17)18-9-11-5-3-2-4-6-11/h2-6,8,10H,7,9H2,1H3,(H,14,15,16)/t10-/m0/s1. The van der Waals surface area contributed by atoms with Gasteiger partial charge < -0.3 is 4.74 Å². The van der Waals surface area contributed by atoms with Gasteiger partial charge in [-0.05, 0) is 5.56 Å². The molecule has 1 N–H and O–H groups in total. The van der Waals surface area contributed by atoms with E-state index in [1.54, 1.807) is 6.20 Å². The summed E-state index contributed by atoms with van der Waals surface area (Å²) in [5, 5.41) is 10.1. The Bertz CT molecular complexity index is 482. The van der Waals surface area contributed by atoms with Crippen LogP contribution in [0.5, 0.6) is 0 Å². The maximum Gasteiger partial charge on any atom is 0.309 e. The van der Waals surface area contributed by atoms with Crippen molar-refractivity contribution in [2.24, 2.45) is 5.92 Å². The summed E-state index contributed by atoms with van der Waals surface area (Å²) in [5.41, 5.74) is 1.75. The highest BCUT2D eigenvalue weighted by molar-refractivity contribution is 5.72. The molecule has 5 nitrogen and oxygen atoms in total. The van der Waals surface area contributed by atoms with Crippen LogP contribution < -0.4 is 0 Å². The Hall–Kier alpha value is -2.17. The molecule has 0 unspecified atom stereocenters. The molecule has 18 heavy (non-hydrogen) atoms. The van der Waals surface area contributed by atoms with Gasteiger partial charge in [-0.15, -0.1) is 5.10 Å². The number of hydrogen-bond acceptors (Lipinski definition) is 4. The molecule has 0 aliphatic carbocycles. The molecule has 94 valence electrons. The Labute approximate surface area is 105 Å². The quantitative estimate of drug-likeness (QED) is 0.814. The van der Waals surface area contributed by atoms with Crippen LogP contribution >= 0.6 is 0 Å². The number of nitrogens with one attached hydrogen (secondary N) is 1. The lowest BCUT2D eigenvalue weighted by Crippen LogP contribution is -2.17. The average Bonchev–Trinajstić information content (AvgIpc) is 2.90. The first-order chi connectivity index (χ1) is 8.75. The van der Waals surface area contributed by atoms with Crippen molar-refractivity contribution in [3.63, 3.8) is 0 Å². The highest BCUT2D eigenvalue weighted by Crippen LogP contribution is 2.09. The number of esters is 1. The van der Waals surface area contributed by atoms with E-state index in [4.69, 9.17) is 4.74 Å². The van der Waals surface area contributed by atoms with Crippen molar-refractivity contribution in [3.8, 4) is 0 Å². The molecule has 0 amide bonds. The number of carbonyl (C=O) groups excluding carboxylic acids is 1. The van der Waals surface area contributed by atoms with Crippen molar-refractivity contribution in [1.29, 1.82) is 0 Å². The number of ether oxygens (including phenoxy) is 1. The molecule has 0 bridgehead atoms. The molecule has 0 saturated heterocycles. The van der Waals surface area contributed by atoms with Crippen molar-refractivity contribution in [3.05, 3.63) is 47.8 Å². The van der Waals surface area contributed by atoms with E-state index in [0.717, 1.165) is 11.3 Å². The fraction of sp³-hybridized carbons (Fsp3) is 0.308. The summed E-state index contributed by atoms with van der Waals surface area (Å²) in [5.74, 6) is -0.444. The van der Waals surface area contributed by atoms with Gasteiger partial charge in [0.05, 0.1) is 11.6 Å². The van der Waals surface area contributed by atoms with E-state index in [2.05, 4.69) is 15.4 Å². The van der Waals surface area contributed by atoms with Crippen LogP contribution in [0, 0.1) is 5.92 Å². The summed E-state index contributed by atoms with van der Waals surface area (Å²) < 4.78 is 5.24. The van der Waals surface area contributed by atoms with Gasteiger partial charge in [-0.25, -0.2) is 0 Å². The smallest absolute Gasteiger partial charge is 0.309 e. The molecule has 0 aliphatic heterocycles. The zero-order valence-electron chi connectivity index (χ0n) is 10.2. The normalized spacial score (nSPS) is 12.1. The number of carbonyl (C=O) groups is 1. The fourth-order valence-corrected chi connectivity index (χ4v) is 1.59. The van der Waals surface area contributed by atoms with Gasteiger partial charge in [0.2, 0.25) is 0 Å². The molecule has 0 aliphatic rings. The second kappa shape index (κ2) is 5.95. The van der Waals surface area contributed by atoms with E-state index in [1.165, 1.54) is 0 Å². The third kappa shape index (κ3) is 3.41. The number of aromatic nitrogens is 3. The van der Waals surface area contributed by atoms with Gasteiger partial charge in [0.25, 0.3) is 0 Å². The number of hydrogen-bond donors (Lipinski definition) is 1. The van der Waals surface area contributed by atoms with Crippen molar-refractivity contribution in [2.75, 3.05) is 0 Å². The second-order valence-electron chi connectivity index (χ2n) is 4.16. The molecule has 1 heterocycles. The van der Waals surface area contributed by atoms with E-state index in [0.29, 0.717) is 13.0 Å². The van der Waals surface area contributed by atoms with E-state index < -0.39 is 0 Å². The van der Waals surface area contributed by atoms with Gasteiger partial charge in [-0.3, -0.25) is 9.89 Å². The lowest BCUT2D eigenvalue weighted by molar-refractivity contribution is -0.149. The molecular weight excluding hydrogens is 230 g/mol. The maximum atomic E-state index is 11.8. The molecular formula is C13H15N3O2. The Morgan fingerprint density at radius 2 is 2.17 bits per heavy atom. The molecule has 0 spiro atoms. The van der Waals surface area contributed by atoms with Gasteiger partial charge in [0, 0.05) is 12.6 Å². The molecule has 2 aromatic rings. The van der Waals surface area contributed by atoms with Crippen LogP contribution in [0.3, 0.4) is 0 Å². The Morgan fingerprint density at radius 3 is 2.83 bits per heavy atom. The van der Waals surface area contributed by atoms with Crippen LogP contribution in [-0.4, -0.2) is 21.4 Å². The molecule has 1 aromatic carbocycles. The Kier molecular flexibility index (Phi) is 4.06. The minimum atomic E-state index is -0.223. The lowest BCUT2D eigenvalue weighted by atomic mass is 10.1. The first-order valence-electron chi connectivity index (χ1n) is 5.81. The number of benzene rings is 1. The van der Waals surface area contributed by atoms with Gasteiger partial charge in [-0.1, -0.05) is 42.5 Å². The van der Waals surface area contributed by atoms with Crippen LogP contribution in [0.15, 0.2) is 36.5 Å². The lowest BCUT2D eigenvalue weighted by Gasteiger charge is -2.09. The highest BCUT2D eigenvalue weighted by atomic mass is 16.5. The zero-order chi connectivity index (χ0) is 12.8. The van der Waals surface area contributed by atoms with Crippen LogP contribution in [0.4, 0.5) is 0 Å². The number of rotatable bonds is 5. The van der Waals surface area contributed by atoms with E-state index in [1.807, 2.05) is 37.3 Å². The average molecular weight is 245 g/mol. The molecule has 0 fully saturated rings. The van der Waals surface area contributed by atoms with Crippen molar-refractivity contribution in [2.45, 2.75) is 20.0 Å². The van der Waals surface area contributed by atoms with Crippen LogP contribution in [0.1, 0.15) is 18.2 Å². The SMILES string of the molecule is C[C@@H](Cc1c[nH]nn1)C(=O)OCc1ccccc1. The fourth-order valence-electron chi connectivity index (χ4n) is 1.59. The number of nitrogens with zero attached hydrogens (tertiary/aromatic N) is 2. The monoisotopic (exact) mass is 245 g/mol. The third-order valence-electron chi connectivity index (χ3n) is 2.61. The topological polar surface area (TPSA) is 67.9 Å². The maximum absolute atomic E-state index is 11.8. The predicted molar refractivity (Wildman–Crippen MR) is 65.5 cm³/mol. The summed E-state index contributed by atoms with van der Waals surface area (Å²) in [6.45, 7) is 2.13. The van der Waals surface area contributed by atoms with E-state index in [9.17, 15) is 4.79 Å². The summed E-state index contributed by atoms with van der Waals surface area (Å²) in [6, 6.07) is 9.62. The molecule has 1 aromatic heterocycles. The van der Waals surface area contributed by atoms with E-state index >= 15 is 0 Å². The summed E-state index contributed by atoms with van der Waals surface area (Å²) in [6.07, 6.45) is 2.21. The molecule has 0 radical (unpaired) electrons. The zero-order valence-corrected chi connectivity index (χ0v) is 10.2. The summed E-state index contributed by atoms with van der Waals surface area (Å²) >= 11 is 0. The van der Waals surface area contributed by atoms with Crippen molar-refractivity contribution < 1.29 is 9.53 Å². The van der Waals surface area contributed by atoms with E-state index in [-0.39, 0.29) is 11.9 Å². The Morgan fingerprint density at radius 1 is 1.39 bits per heavy atom. The van der Waals surface area contributed by atoms with Gasteiger partial charge in [0.1, 0.15) is 6.61 Å². The number of H-pyrrole nitrogens is 1. The van der Waals surface area contributed by atoms with Gasteiger partial charge in [-0.2, -0.15) is 0 Å². The van der Waals surface area contributed by atoms with Gasteiger partial charge in [0.15, 0.2) is 0 Å².